The monoisotopic (exact) mass is 506 g/mol. The number of ether oxygens (including phenoxy) is 5. The van der Waals surface area contributed by atoms with Gasteiger partial charge in [0.2, 0.25) is 0 Å². The highest BCUT2D eigenvalue weighted by Gasteiger charge is 2.51. The van der Waals surface area contributed by atoms with Gasteiger partial charge in [-0.15, -0.1) is 0 Å². The summed E-state index contributed by atoms with van der Waals surface area (Å²) in [5.41, 5.74) is 0. The topological polar surface area (TPSA) is 280 Å². The van der Waals surface area contributed by atoms with Crippen LogP contribution in [0.15, 0.2) is 0 Å². The maximum absolute atomic E-state index is 10.3. The van der Waals surface area contributed by atoms with E-state index >= 15 is 0 Å². The van der Waals surface area contributed by atoms with Gasteiger partial charge in [-0.2, -0.15) is 0 Å². The van der Waals surface area contributed by atoms with Crippen LogP contribution < -0.4 is 0 Å². The summed E-state index contributed by atoms with van der Waals surface area (Å²) in [7, 11) is 0. The summed E-state index contributed by atoms with van der Waals surface area (Å²) < 4.78 is 26.5. The van der Waals surface area contributed by atoms with Crippen molar-refractivity contribution in [3.8, 4) is 0 Å². The molecule has 3 aliphatic rings. The lowest BCUT2D eigenvalue weighted by molar-refractivity contribution is -0.361. The molecule has 0 radical (unpaired) electrons. The highest BCUT2D eigenvalue weighted by molar-refractivity contribution is 4.94. The molecule has 16 heteroatoms. The molecule has 0 aromatic heterocycles. The normalized spacial score (nSPS) is 52.1. The van der Waals surface area contributed by atoms with Crippen LogP contribution in [0.25, 0.3) is 0 Å². The average molecular weight is 506 g/mol. The van der Waals surface area contributed by atoms with E-state index in [0.29, 0.717) is 0 Å². The Morgan fingerprint density at radius 2 is 1.21 bits per heavy atom. The van der Waals surface area contributed by atoms with Gasteiger partial charge in [-0.25, -0.2) is 0 Å². The summed E-state index contributed by atoms with van der Waals surface area (Å²) in [6, 6.07) is 0. The molecular weight excluding hydrogens is 472 g/mol. The van der Waals surface area contributed by atoms with E-state index in [9.17, 15) is 51.1 Å². The Hall–Kier alpha value is -0.640. The van der Waals surface area contributed by atoms with Crippen LogP contribution in [0.1, 0.15) is 6.92 Å². The Balaban J connectivity index is 0.00000408. The minimum absolute atomic E-state index is 0. The highest BCUT2D eigenvalue weighted by atomic mass is 16.7. The molecule has 0 aromatic rings. The summed E-state index contributed by atoms with van der Waals surface area (Å²) in [6.07, 6.45) is -23.5. The number of aliphatic hydroxyl groups is 10. The smallest absolute Gasteiger partial charge is 0.187 e. The molecule has 0 spiro atoms. The van der Waals surface area contributed by atoms with Crippen molar-refractivity contribution >= 4 is 0 Å². The molecule has 16 nitrogen and oxygen atoms in total. The first-order valence-electron chi connectivity index (χ1n) is 10.4. The van der Waals surface area contributed by atoms with E-state index in [1.807, 2.05) is 0 Å². The van der Waals surface area contributed by atoms with Crippen LogP contribution in [0, 0.1) is 0 Å². The highest BCUT2D eigenvalue weighted by Crippen LogP contribution is 2.29. The Kier molecular flexibility index (Phi) is 10.5. The maximum Gasteiger partial charge on any atom is 0.187 e. The Labute approximate surface area is 193 Å². The number of rotatable bonds is 6. The summed E-state index contributed by atoms with van der Waals surface area (Å²) in [5.74, 6) is 0. The second-order valence-corrected chi connectivity index (χ2v) is 8.36. The van der Waals surface area contributed by atoms with Gasteiger partial charge in [0.05, 0.1) is 19.3 Å². The zero-order valence-corrected chi connectivity index (χ0v) is 18.1. The van der Waals surface area contributed by atoms with Crippen molar-refractivity contribution in [1.29, 1.82) is 0 Å². The van der Waals surface area contributed by atoms with E-state index in [2.05, 4.69) is 0 Å². The van der Waals surface area contributed by atoms with E-state index in [1.54, 1.807) is 0 Å². The maximum atomic E-state index is 10.3. The predicted octanol–water partition coefficient (Wildman–Crippen LogP) is -7.37. The molecule has 3 aliphatic heterocycles. The largest absolute Gasteiger partial charge is 0.412 e. The molecule has 0 bridgehead atoms. The van der Waals surface area contributed by atoms with Crippen molar-refractivity contribution in [2.24, 2.45) is 0 Å². The van der Waals surface area contributed by atoms with Gasteiger partial charge in [0.25, 0.3) is 0 Å². The molecule has 0 aliphatic carbocycles. The van der Waals surface area contributed by atoms with Crippen LogP contribution in [-0.2, 0) is 23.7 Å². The van der Waals surface area contributed by atoms with Crippen molar-refractivity contribution in [3.63, 3.8) is 0 Å². The molecule has 34 heavy (non-hydrogen) atoms. The Morgan fingerprint density at radius 1 is 0.618 bits per heavy atom. The van der Waals surface area contributed by atoms with E-state index in [4.69, 9.17) is 23.7 Å². The molecule has 1 unspecified atom stereocenters. The van der Waals surface area contributed by atoms with Gasteiger partial charge >= 0.3 is 0 Å². The SMILES string of the molecule is C[C@H]1OC(OC[C@H]2O[C@@H](O[C@H]3[C@H](O)[C@@H](O)[C@@H](O)O[C@@H]3CO)[C@H](O)[C@@H](O)[C@H]2O)[C@H](O)[C@@H](O)[C@H]1O.O. The lowest BCUT2D eigenvalue weighted by Gasteiger charge is -2.45. The summed E-state index contributed by atoms with van der Waals surface area (Å²) in [6.45, 7) is 0.165. The van der Waals surface area contributed by atoms with Crippen LogP contribution in [0.5, 0.6) is 0 Å². The summed E-state index contributed by atoms with van der Waals surface area (Å²) in [4.78, 5) is 0. The molecule has 202 valence electrons. The fourth-order valence-corrected chi connectivity index (χ4v) is 3.90. The van der Waals surface area contributed by atoms with E-state index in [0.717, 1.165) is 0 Å². The van der Waals surface area contributed by atoms with Gasteiger partial charge in [0.1, 0.15) is 67.1 Å². The molecule has 0 aromatic carbocycles. The molecule has 3 fully saturated rings. The van der Waals surface area contributed by atoms with Crippen LogP contribution in [0.4, 0.5) is 0 Å². The number of hydrogen-bond acceptors (Lipinski definition) is 15. The number of aliphatic hydroxyl groups excluding tert-OH is 10. The fraction of sp³-hybridized carbons (Fsp3) is 1.00. The minimum atomic E-state index is -1.83. The molecule has 3 saturated heterocycles. The van der Waals surface area contributed by atoms with Crippen LogP contribution in [0.3, 0.4) is 0 Å². The second kappa shape index (κ2) is 12.1. The second-order valence-electron chi connectivity index (χ2n) is 8.36. The third-order valence-corrected chi connectivity index (χ3v) is 6.03. The third kappa shape index (κ3) is 5.84. The standard InChI is InChI=1S/C18H32O15.H2O/c1-4-7(20)9(22)13(26)17(30-4)29-3-6-8(21)10(23)14(27)18(32-6)33-15-5(2-19)31-16(28)12(25)11(15)24;/h4-28H,2-3H2,1H3;1H2/t4-,5-,6-,7+,8+,9+,10+,11-,12-,13-,14-,15-,16+,17?,18+;/m1./s1. The quantitative estimate of drug-likeness (QED) is 0.160. The minimum Gasteiger partial charge on any atom is -0.412 e. The Morgan fingerprint density at radius 3 is 1.82 bits per heavy atom. The average Bonchev–Trinajstić information content (AvgIpc) is 2.79. The van der Waals surface area contributed by atoms with Gasteiger partial charge in [-0.3, -0.25) is 0 Å². The summed E-state index contributed by atoms with van der Waals surface area (Å²) in [5, 5.41) is 99.4. The van der Waals surface area contributed by atoms with Crippen molar-refractivity contribution in [1.82, 2.24) is 0 Å². The van der Waals surface area contributed by atoms with E-state index < -0.39 is 105 Å². The zero-order valence-electron chi connectivity index (χ0n) is 18.1. The molecule has 3 rings (SSSR count). The van der Waals surface area contributed by atoms with Crippen LogP contribution in [0.2, 0.25) is 0 Å². The summed E-state index contributed by atoms with van der Waals surface area (Å²) >= 11 is 0. The fourth-order valence-electron chi connectivity index (χ4n) is 3.90. The van der Waals surface area contributed by atoms with E-state index in [-0.39, 0.29) is 5.48 Å². The zero-order chi connectivity index (χ0) is 24.6. The van der Waals surface area contributed by atoms with Gasteiger partial charge in [0, 0.05) is 0 Å². The van der Waals surface area contributed by atoms with Crippen LogP contribution >= 0.6 is 0 Å². The van der Waals surface area contributed by atoms with Crippen molar-refractivity contribution in [2.75, 3.05) is 13.2 Å². The predicted molar refractivity (Wildman–Crippen MR) is 103 cm³/mol. The van der Waals surface area contributed by atoms with Crippen LogP contribution in [-0.4, -0.2) is 162 Å². The first-order chi connectivity index (χ1) is 15.5. The Bertz CT molecular complexity index is 625. The van der Waals surface area contributed by atoms with Gasteiger partial charge < -0.3 is 80.2 Å². The van der Waals surface area contributed by atoms with Gasteiger partial charge in [0.15, 0.2) is 18.9 Å². The lowest BCUT2D eigenvalue weighted by atomic mass is 9.97. The lowest BCUT2D eigenvalue weighted by Crippen LogP contribution is -2.64. The molecule has 15 atom stereocenters. The molecule has 3 heterocycles. The molecule has 0 saturated carbocycles. The van der Waals surface area contributed by atoms with Crippen molar-refractivity contribution in [2.45, 2.75) is 99.0 Å². The van der Waals surface area contributed by atoms with Crippen molar-refractivity contribution < 1.29 is 80.2 Å². The first-order valence-corrected chi connectivity index (χ1v) is 10.4. The number of hydrogen-bond donors (Lipinski definition) is 10. The molecule has 12 N–H and O–H groups in total. The van der Waals surface area contributed by atoms with Gasteiger partial charge in [-0.05, 0) is 6.92 Å². The molecular formula is C18H34O16. The van der Waals surface area contributed by atoms with E-state index in [1.165, 1.54) is 6.92 Å². The first kappa shape index (κ1) is 29.6. The van der Waals surface area contributed by atoms with Crippen molar-refractivity contribution in [3.05, 3.63) is 0 Å². The molecule has 0 amide bonds. The third-order valence-electron chi connectivity index (χ3n) is 6.03. The van der Waals surface area contributed by atoms with Gasteiger partial charge in [-0.1, -0.05) is 0 Å².